The van der Waals surface area contributed by atoms with Crippen molar-refractivity contribution in [3.63, 3.8) is 0 Å². The quantitative estimate of drug-likeness (QED) is 0.148. The molecule has 0 fully saturated rings. The van der Waals surface area contributed by atoms with Gasteiger partial charge in [0.15, 0.2) is 0 Å². The molecule has 0 unspecified atom stereocenters. The summed E-state index contributed by atoms with van der Waals surface area (Å²) in [6.07, 6.45) is 0. The molecule has 0 saturated heterocycles. The standard InChI is InChI=1S/C6H18N4.6C2H5NO/c7-1-3-9-5-6-10-4-2-8;6*1-2(3)4/h9-10H,1-8H2;6*1H3,(H2,3,4). The number of primary amides is 6. The first-order valence-corrected chi connectivity index (χ1v) is 9.69. The Balaban J connectivity index is -0.0000000526. The van der Waals surface area contributed by atoms with Gasteiger partial charge in [-0.25, -0.2) is 0 Å². The van der Waals surface area contributed by atoms with E-state index in [1.807, 2.05) is 0 Å². The predicted octanol–water partition coefficient (Wildman–Crippen LogP) is -4.97. The van der Waals surface area contributed by atoms with Crippen molar-refractivity contribution in [2.45, 2.75) is 41.5 Å². The molecule has 0 aliphatic carbocycles. The van der Waals surface area contributed by atoms with Gasteiger partial charge in [0.2, 0.25) is 35.4 Å². The normalized spacial score (nSPS) is 7.41. The lowest BCUT2D eigenvalue weighted by atomic mass is 10.5. The van der Waals surface area contributed by atoms with Gasteiger partial charge in [0.05, 0.1) is 0 Å². The van der Waals surface area contributed by atoms with Crippen molar-refractivity contribution >= 4 is 35.4 Å². The topological polar surface area (TPSA) is 335 Å². The molecular formula is C18H48N10O6. The van der Waals surface area contributed by atoms with Crippen LogP contribution in [0, 0.1) is 0 Å². The third-order valence-corrected chi connectivity index (χ3v) is 1.12. The summed E-state index contributed by atoms with van der Waals surface area (Å²) in [5.41, 5.74) is 37.4. The Morgan fingerprint density at radius 2 is 0.529 bits per heavy atom. The van der Waals surface area contributed by atoms with E-state index in [2.05, 4.69) is 45.0 Å². The Morgan fingerprint density at radius 1 is 0.412 bits per heavy atom. The van der Waals surface area contributed by atoms with Crippen molar-refractivity contribution in [2.75, 3.05) is 39.3 Å². The molecular weight excluding hydrogens is 452 g/mol. The smallest absolute Gasteiger partial charge is 0.214 e. The summed E-state index contributed by atoms with van der Waals surface area (Å²) >= 11 is 0. The average molecular weight is 501 g/mol. The van der Waals surface area contributed by atoms with Gasteiger partial charge >= 0.3 is 0 Å². The molecule has 206 valence electrons. The number of amides is 6. The maximum atomic E-state index is 9.22. The summed E-state index contributed by atoms with van der Waals surface area (Å²) in [5, 5.41) is 6.33. The van der Waals surface area contributed by atoms with Gasteiger partial charge in [-0.1, -0.05) is 0 Å². The van der Waals surface area contributed by atoms with Gasteiger partial charge in [0, 0.05) is 80.8 Å². The van der Waals surface area contributed by atoms with Crippen molar-refractivity contribution in [2.24, 2.45) is 45.9 Å². The van der Waals surface area contributed by atoms with Crippen LogP contribution in [0.4, 0.5) is 0 Å². The summed E-state index contributed by atoms with van der Waals surface area (Å²) in [5.74, 6) is -2.00. The van der Waals surface area contributed by atoms with Crippen LogP contribution in [-0.4, -0.2) is 74.7 Å². The van der Waals surface area contributed by atoms with E-state index in [0.717, 1.165) is 26.2 Å². The number of rotatable bonds is 7. The molecule has 6 amide bonds. The van der Waals surface area contributed by atoms with Crippen molar-refractivity contribution in [1.29, 1.82) is 0 Å². The van der Waals surface area contributed by atoms with E-state index in [1.165, 1.54) is 41.5 Å². The summed E-state index contributed by atoms with van der Waals surface area (Å²) in [6.45, 7) is 13.0. The Labute approximate surface area is 202 Å². The molecule has 0 atom stereocenters. The second-order valence-electron chi connectivity index (χ2n) is 5.74. The number of hydrogen-bond donors (Lipinski definition) is 10. The van der Waals surface area contributed by atoms with E-state index < -0.39 is 0 Å². The van der Waals surface area contributed by atoms with Crippen molar-refractivity contribution in [1.82, 2.24) is 10.6 Å². The SMILES string of the molecule is CC(N)=O.CC(N)=O.CC(N)=O.CC(N)=O.CC(N)=O.CC(N)=O.NCCNCCNCCN. The Morgan fingerprint density at radius 3 is 0.618 bits per heavy atom. The van der Waals surface area contributed by atoms with Crippen LogP contribution in [0.3, 0.4) is 0 Å². The van der Waals surface area contributed by atoms with Crippen LogP contribution in [0.15, 0.2) is 0 Å². The van der Waals surface area contributed by atoms with E-state index in [1.54, 1.807) is 0 Å². The zero-order chi connectivity index (χ0) is 29.1. The van der Waals surface area contributed by atoms with Gasteiger partial charge in [0.25, 0.3) is 0 Å². The Kier molecular flexibility index (Phi) is 67.2. The van der Waals surface area contributed by atoms with Crippen LogP contribution >= 0.6 is 0 Å². The molecule has 0 radical (unpaired) electrons. The highest BCUT2D eigenvalue weighted by Gasteiger charge is 1.83. The van der Waals surface area contributed by atoms with Crippen LogP contribution < -0.4 is 56.5 Å². The fourth-order valence-electron chi connectivity index (χ4n) is 0.631. The molecule has 0 aliphatic rings. The molecule has 0 aliphatic heterocycles. The number of nitrogens with one attached hydrogen (secondary N) is 2. The lowest BCUT2D eigenvalue weighted by Crippen LogP contribution is -2.32. The third kappa shape index (κ3) is 1640. The zero-order valence-electron chi connectivity index (χ0n) is 21.3. The lowest BCUT2D eigenvalue weighted by Gasteiger charge is -2.03. The first-order chi connectivity index (χ1) is 15.3. The van der Waals surface area contributed by atoms with Crippen LogP contribution in [0.2, 0.25) is 0 Å². The third-order valence-electron chi connectivity index (χ3n) is 1.12. The molecule has 0 rings (SSSR count). The molecule has 0 aromatic rings. The number of carbonyl (C=O) groups is 6. The highest BCUT2D eigenvalue weighted by molar-refractivity contribution is 5.71. The van der Waals surface area contributed by atoms with E-state index in [9.17, 15) is 28.8 Å². The molecule has 34 heavy (non-hydrogen) atoms. The van der Waals surface area contributed by atoms with Gasteiger partial charge in [-0.05, 0) is 0 Å². The van der Waals surface area contributed by atoms with Crippen LogP contribution in [0.1, 0.15) is 41.5 Å². The summed E-state index contributed by atoms with van der Waals surface area (Å²) in [7, 11) is 0. The maximum Gasteiger partial charge on any atom is 0.214 e. The predicted molar refractivity (Wildman–Crippen MR) is 133 cm³/mol. The zero-order valence-corrected chi connectivity index (χ0v) is 21.3. The fraction of sp³-hybridized carbons (Fsp3) is 0.667. The van der Waals surface area contributed by atoms with Gasteiger partial charge in [-0.2, -0.15) is 0 Å². The first-order valence-electron chi connectivity index (χ1n) is 9.69. The first kappa shape index (κ1) is 48.2. The Hall–Kier alpha value is -3.34. The van der Waals surface area contributed by atoms with E-state index in [-0.39, 0.29) is 35.4 Å². The molecule has 0 saturated carbocycles. The number of carbonyl (C=O) groups excluding carboxylic acids is 6. The molecule has 0 heterocycles. The lowest BCUT2D eigenvalue weighted by molar-refractivity contribution is -0.116. The number of nitrogens with two attached hydrogens (primary N) is 8. The number of hydrogen-bond acceptors (Lipinski definition) is 10. The van der Waals surface area contributed by atoms with Gasteiger partial charge in [-0.15, -0.1) is 0 Å². The Bertz CT molecular complexity index is 381. The fourth-order valence-corrected chi connectivity index (χ4v) is 0.631. The molecule has 0 bridgehead atoms. The minimum Gasteiger partial charge on any atom is -0.370 e. The highest BCUT2D eigenvalue weighted by Crippen LogP contribution is 1.57. The largest absolute Gasteiger partial charge is 0.370 e. The highest BCUT2D eigenvalue weighted by atomic mass is 16.2. The summed E-state index contributed by atoms with van der Waals surface area (Å²) in [6, 6.07) is 0. The van der Waals surface area contributed by atoms with Crippen molar-refractivity contribution < 1.29 is 28.8 Å². The van der Waals surface area contributed by atoms with E-state index in [0.29, 0.717) is 13.1 Å². The van der Waals surface area contributed by atoms with E-state index in [4.69, 9.17) is 11.5 Å². The van der Waals surface area contributed by atoms with Gasteiger partial charge < -0.3 is 56.5 Å². The molecule has 16 heteroatoms. The average Bonchev–Trinajstić information content (AvgIpc) is 2.55. The minimum absolute atomic E-state index is 0.333. The van der Waals surface area contributed by atoms with Gasteiger partial charge in [0.1, 0.15) is 0 Å². The second kappa shape index (κ2) is 47.4. The molecule has 16 nitrogen and oxygen atoms in total. The molecule has 18 N–H and O–H groups in total. The maximum absolute atomic E-state index is 9.22. The second-order valence-corrected chi connectivity index (χ2v) is 5.74. The molecule has 0 spiro atoms. The van der Waals surface area contributed by atoms with Crippen molar-refractivity contribution in [3.8, 4) is 0 Å². The van der Waals surface area contributed by atoms with Crippen LogP contribution in [-0.2, 0) is 28.8 Å². The van der Waals surface area contributed by atoms with Crippen LogP contribution in [0.5, 0.6) is 0 Å². The molecule has 0 aromatic carbocycles. The minimum atomic E-state index is -0.333. The van der Waals surface area contributed by atoms with Crippen molar-refractivity contribution in [3.05, 3.63) is 0 Å². The van der Waals surface area contributed by atoms with Gasteiger partial charge in [-0.3, -0.25) is 28.8 Å². The molecule has 0 aromatic heterocycles. The van der Waals surface area contributed by atoms with E-state index >= 15 is 0 Å². The van der Waals surface area contributed by atoms with Crippen LogP contribution in [0.25, 0.3) is 0 Å². The summed E-state index contributed by atoms with van der Waals surface area (Å²) < 4.78 is 0. The monoisotopic (exact) mass is 500 g/mol. The summed E-state index contributed by atoms with van der Waals surface area (Å²) in [4.78, 5) is 55.3.